The Labute approximate surface area is 185 Å². The monoisotopic (exact) mass is 419 g/mol. The van der Waals surface area contributed by atoms with Gasteiger partial charge in [0.1, 0.15) is 5.82 Å². The van der Waals surface area contributed by atoms with E-state index in [1.165, 1.54) is 16.7 Å². The number of nitrogens with one attached hydrogen (secondary N) is 1. The molecule has 5 nitrogen and oxygen atoms in total. The van der Waals surface area contributed by atoms with E-state index in [0.29, 0.717) is 17.8 Å². The fraction of sp³-hybridized carbons (Fsp3) is 0.500. The van der Waals surface area contributed by atoms with Crippen LogP contribution in [-0.4, -0.2) is 34.3 Å². The number of carbonyl (C=O) groups excluding carboxylic acids is 2. The van der Waals surface area contributed by atoms with E-state index in [9.17, 15) is 9.59 Å². The van der Waals surface area contributed by atoms with Crippen molar-refractivity contribution in [2.75, 3.05) is 11.9 Å². The molecule has 1 saturated heterocycles. The number of benzene rings is 1. The molecule has 0 unspecified atom stereocenters. The number of fused-ring (bicyclic) bond motifs is 1. The molecule has 0 radical (unpaired) electrons. The Hall–Kier alpha value is -2.69. The molecule has 2 heterocycles. The van der Waals surface area contributed by atoms with Gasteiger partial charge in [-0.05, 0) is 74.3 Å². The van der Waals surface area contributed by atoms with Crippen molar-refractivity contribution in [3.8, 4) is 0 Å². The second kappa shape index (κ2) is 8.81. The van der Waals surface area contributed by atoms with Crippen molar-refractivity contribution in [1.82, 2.24) is 9.88 Å². The van der Waals surface area contributed by atoms with Gasteiger partial charge in [0, 0.05) is 30.1 Å². The van der Waals surface area contributed by atoms with Crippen LogP contribution in [0.25, 0.3) is 0 Å². The lowest BCUT2D eigenvalue weighted by Crippen LogP contribution is -2.50. The topological polar surface area (TPSA) is 62.3 Å². The molecule has 4 rings (SSSR count). The van der Waals surface area contributed by atoms with Crippen molar-refractivity contribution >= 4 is 17.6 Å². The van der Waals surface area contributed by atoms with E-state index >= 15 is 0 Å². The number of hydrogen-bond donors (Lipinski definition) is 1. The summed E-state index contributed by atoms with van der Waals surface area (Å²) in [6, 6.07) is 12.5. The molecule has 2 atom stereocenters. The zero-order valence-corrected chi connectivity index (χ0v) is 18.9. The summed E-state index contributed by atoms with van der Waals surface area (Å²) in [7, 11) is 0. The maximum atomic E-state index is 12.8. The first-order valence-electron chi connectivity index (χ1n) is 11.5. The van der Waals surface area contributed by atoms with E-state index in [0.717, 1.165) is 45.1 Å². The molecule has 164 valence electrons. The zero-order valence-electron chi connectivity index (χ0n) is 18.9. The number of carbonyl (C=O) groups is 2. The van der Waals surface area contributed by atoms with Crippen LogP contribution in [0.2, 0.25) is 0 Å². The minimum atomic E-state index is -0.231. The molecule has 31 heavy (non-hydrogen) atoms. The van der Waals surface area contributed by atoms with Gasteiger partial charge in [0.05, 0.1) is 0 Å². The summed E-state index contributed by atoms with van der Waals surface area (Å²) in [4.78, 5) is 31.7. The molecule has 1 aliphatic carbocycles. The van der Waals surface area contributed by atoms with Crippen LogP contribution >= 0.6 is 0 Å². The maximum absolute atomic E-state index is 12.8. The maximum Gasteiger partial charge on any atom is 0.229 e. The molecule has 1 N–H and O–H groups in total. The average molecular weight is 420 g/mol. The molecule has 2 amide bonds. The van der Waals surface area contributed by atoms with E-state index < -0.39 is 0 Å². The highest BCUT2D eigenvalue weighted by atomic mass is 16.2. The highest BCUT2D eigenvalue weighted by Gasteiger charge is 2.38. The molecule has 1 fully saturated rings. The molecule has 2 aromatic rings. The van der Waals surface area contributed by atoms with Gasteiger partial charge >= 0.3 is 0 Å². The second-order valence-electron chi connectivity index (χ2n) is 9.79. The predicted molar refractivity (Wildman–Crippen MR) is 123 cm³/mol. The molecule has 0 saturated carbocycles. The van der Waals surface area contributed by atoms with E-state index in [2.05, 4.69) is 54.2 Å². The Morgan fingerprint density at radius 1 is 1.19 bits per heavy atom. The van der Waals surface area contributed by atoms with E-state index in [4.69, 9.17) is 0 Å². The number of amides is 2. The highest BCUT2D eigenvalue weighted by Crippen LogP contribution is 2.33. The molecule has 5 heteroatoms. The number of piperidine rings is 1. The minimum absolute atomic E-state index is 0.0386. The third-order valence-corrected chi connectivity index (χ3v) is 6.91. The van der Waals surface area contributed by atoms with Gasteiger partial charge in [-0.3, -0.25) is 9.59 Å². The van der Waals surface area contributed by atoms with Crippen LogP contribution in [0.1, 0.15) is 56.7 Å². The van der Waals surface area contributed by atoms with Gasteiger partial charge in [0.15, 0.2) is 0 Å². The fourth-order valence-corrected chi connectivity index (χ4v) is 4.87. The van der Waals surface area contributed by atoms with Crippen LogP contribution in [0.5, 0.6) is 0 Å². The van der Waals surface area contributed by atoms with Gasteiger partial charge in [-0.15, -0.1) is 0 Å². The summed E-state index contributed by atoms with van der Waals surface area (Å²) in [5.74, 6) is 0.897. The molecule has 1 aromatic carbocycles. The van der Waals surface area contributed by atoms with Crippen molar-refractivity contribution in [1.29, 1.82) is 0 Å². The Balaban J connectivity index is 1.32. The molecule has 1 aromatic heterocycles. The van der Waals surface area contributed by atoms with Crippen LogP contribution < -0.4 is 5.32 Å². The number of hydrogen-bond acceptors (Lipinski definition) is 3. The van der Waals surface area contributed by atoms with Gasteiger partial charge in [-0.1, -0.05) is 38.1 Å². The van der Waals surface area contributed by atoms with Crippen LogP contribution in [-0.2, 0) is 28.9 Å². The minimum Gasteiger partial charge on any atom is -0.340 e. The molecule has 2 aliphatic rings. The highest BCUT2D eigenvalue weighted by molar-refractivity contribution is 5.92. The lowest BCUT2D eigenvalue weighted by molar-refractivity contribution is -0.147. The van der Waals surface area contributed by atoms with Crippen molar-refractivity contribution in [2.24, 2.45) is 11.3 Å². The summed E-state index contributed by atoms with van der Waals surface area (Å²) < 4.78 is 0. The van der Waals surface area contributed by atoms with E-state index in [-0.39, 0.29) is 17.2 Å². The zero-order chi connectivity index (χ0) is 22.0. The van der Waals surface area contributed by atoms with Crippen molar-refractivity contribution in [3.63, 3.8) is 0 Å². The smallest absolute Gasteiger partial charge is 0.229 e. The predicted octanol–water partition coefficient (Wildman–Crippen LogP) is 4.40. The summed E-state index contributed by atoms with van der Waals surface area (Å²) in [6.45, 7) is 7.11. The number of anilines is 1. The molecule has 0 bridgehead atoms. The Bertz CT molecular complexity index is 954. The first-order chi connectivity index (χ1) is 14.8. The van der Waals surface area contributed by atoms with Gasteiger partial charge in [0.2, 0.25) is 11.8 Å². The number of likely N-dealkylation sites (tertiary alicyclic amines) is 1. The third kappa shape index (κ3) is 4.81. The normalized spacial score (nSPS) is 22.3. The summed E-state index contributed by atoms with van der Waals surface area (Å²) in [5.41, 5.74) is 3.61. The molecular weight excluding hydrogens is 386 g/mol. The van der Waals surface area contributed by atoms with Crippen molar-refractivity contribution in [3.05, 3.63) is 59.3 Å². The number of aryl methyl sites for hydroxylation is 1. The lowest BCUT2D eigenvalue weighted by atomic mass is 9.80. The third-order valence-electron chi connectivity index (χ3n) is 6.91. The first kappa shape index (κ1) is 21.5. The van der Waals surface area contributed by atoms with Crippen molar-refractivity contribution in [2.45, 2.75) is 65.3 Å². The summed E-state index contributed by atoms with van der Waals surface area (Å²) in [5, 5.41) is 2.93. The largest absolute Gasteiger partial charge is 0.340 e. The second-order valence-corrected chi connectivity index (χ2v) is 9.79. The molecule has 0 spiro atoms. The number of rotatable bonds is 6. The Morgan fingerprint density at radius 3 is 2.77 bits per heavy atom. The van der Waals surface area contributed by atoms with E-state index in [1.807, 2.05) is 18.2 Å². The Morgan fingerprint density at radius 2 is 2.00 bits per heavy atom. The van der Waals surface area contributed by atoms with Gasteiger partial charge in [-0.2, -0.15) is 0 Å². The van der Waals surface area contributed by atoms with Gasteiger partial charge in [0.25, 0.3) is 0 Å². The van der Waals surface area contributed by atoms with Crippen LogP contribution in [0, 0.1) is 11.3 Å². The van der Waals surface area contributed by atoms with E-state index in [1.54, 1.807) is 6.20 Å². The fourth-order valence-electron chi connectivity index (χ4n) is 4.87. The van der Waals surface area contributed by atoms with Gasteiger partial charge < -0.3 is 10.2 Å². The first-order valence-corrected chi connectivity index (χ1v) is 11.5. The molecule has 1 aliphatic heterocycles. The molecular formula is C26H33N3O2. The van der Waals surface area contributed by atoms with Crippen LogP contribution in [0.15, 0.2) is 42.6 Å². The summed E-state index contributed by atoms with van der Waals surface area (Å²) >= 11 is 0. The van der Waals surface area contributed by atoms with Crippen LogP contribution in [0.3, 0.4) is 0 Å². The average Bonchev–Trinajstić information content (AvgIpc) is 3.18. The lowest BCUT2D eigenvalue weighted by Gasteiger charge is -2.41. The van der Waals surface area contributed by atoms with Crippen molar-refractivity contribution < 1.29 is 9.59 Å². The number of aromatic nitrogens is 1. The number of nitrogens with zero attached hydrogens (tertiary/aromatic N) is 2. The number of pyridine rings is 1. The quantitative estimate of drug-likeness (QED) is 0.755. The SMILES string of the molecule is C[C@H]1CCC(C)(C)C(=O)N1CCCc1ccc2c(c1)C[C@H](C(=O)Nc1ccccn1)C2. The Kier molecular flexibility index (Phi) is 6.12. The summed E-state index contributed by atoms with van der Waals surface area (Å²) in [6.07, 6.45) is 7.22. The van der Waals surface area contributed by atoms with Crippen LogP contribution in [0.4, 0.5) is 5.82 Å². The van der Waals surface area contributed by atoms with Gasteiger partial charge in [-0.25, -0.2) is 4.98 Å². The standard InChI is InChI=1S/C26H33N3O2/c1-18-11-12-26(2,3)25(31)29(18)14-6-7-19-9-10-20-16-22(17-21(20)15-19)24(30)28-23-8-4-5-13-27-23/h4-5,8-10,13,15,18,22H,6-7,11-12,14,16-17H2,1-3H3,(H,27,28,30)/t18-,22+/m0/s1.